The maximum Gasteiger partial charge on any atom is 0.233 e. The Morgan fingerprint density at radius 2 is 2.06 bits per heavy atom. The summed E-state index contributed by atoms with van der Waals surface area (Å²) in [5.41, 5.74) is 1.23. The van der Waals surface area contributed by atoms with E-state index in [-0.39, 0.29) is 12.5 Å². The Bertz CT molecular complexity index is 401. The average molecular weight is 265 g/mol. The maximum atomic E-state index is 12.0. The van der Waals surface area contributed by atoms with E-state index in [0.29, 0.717) is 18.3 Å². The van der Waals surface area contributed by atoms with E-state index in [2.05, 4.69) is 19.1 Å². The fourth-order valence-electron chi connectivity index (χ4n) is 1.87. The number of thioether (sulfide) groups is 1. The van der Waals surface area contributed by atoms with Gasteiger partial charge in [-0.05, 0) is 31.9 Å². The maximum absolute atomic E-state index is 12.0. The third-order valence-electron chi connectivity index (χ3n) is 3.03. The summed E-state index contributed by atoms with van der Waals surface area (Å²) in [6.45, 7) is 2.57. The fraction of sp³-hybridized carbons (Fsp3) is 0.500. The van der Waals surface area contributed by atoms with Crippen LogP contribution in [0.1, 0.15) is 18.4 Å². The van der Waals surface area contributed by atoms with Gasteiger partial charge in [-0.1, -0.05) is 17.7 Å². The van der Waals surface area contributed by atoms with Crippen molar-refractivity contribution in [1.82, 2.24) is 4.90 Å². The van der Waals surface area contributed by atoms with Gasteiger partial charge in [0.1, 0.15) is 0 Å². The van der Waals surface area contributed by atoms with E-state index in [4.69, 9.17) is 5.11 Å². The zero-order valence-corrected chi connectivity index (χ0v) is 11.4. The molecular formula is C14H19NO2S. The normalized spacial score (nSPS) is 14.6. The van der Waals surface area contributed by atoms with Crippen molar-refractivity contribution in [3.63, 3.8) is 0 Å². The molecule has 0 spiro atoms. The van der Waals surface area contributed by atoms with Crippen LogP contribution in [0.3, 0.4) is 0 Å². The van der Waals surface area contributed by atoms with Crippen LogP contribution in [-0.2, 0) is 4.79 Å². The lowest BCUT2D eigenvalue weighted by atomic mass is 10.2. The number of rotatable bonds is 6. The van der Waals surface area contributed by atoms with Gasteiger partial charge in [0.05, 0.1) is 12.4 Å². The van der Waals surface area contributed by atoms with E-state index in [1.165, 1.54) is 5.56 Å². The molecule has 1 aliphatic rings. The molecule has 1 fully saturated rings. The Morgan fingerprint density at radius 1 is 1.39 bits per heavy atom. The van der Waals surface area contributed by atoms with Gasteiger partial charge in [-0.25, -0.2) is 0 Å². The SMILES string of the molecule is Cc1ccc(SCC(=O)N(CCO)C2CC2)cc1. The predicted molar refractivity (Wildman–Crippen MR) is 73.7 cm³/mol. The van der Waals surface area contributed by atoms with E-state index in [1.54, 1.807) is 11.8 Å². The summed E-state index contributed by atoms with van der Waals surface area (Å²) in [6.07, 6.45) is 2.17. The van der Waals surface area contributed by atoms with Crippen molar-refractivity contribution in [2.24, 2.45) is 0 Å². The highest BCUT2D eigenvalue weighted by Gasteiger charge is 2.31. The molecule has 0 heterocycles. The lowest BCUT2D eigenvalue weighted by molar-refractivity contribution is -0.129. The second-order valence-corrected chi connectivity index (χ2v) is 5.69. The van der Waals surface area contributed by atoms with Gasteiger partial charge < -0.3 is 10.0 Å². The number of carbonyl (C=O) groups excluding carboxylic acids is 1. The molecule has 18 heavy (non-hydrogen) atoms. The summed E-state index contributed by atoms with van der Waals surface area (Å²) >= 11 is 1.56. The van der Waals surface area contributed by atoms with Crippen LogP contribution < -0.4 is 0 Å². The average Bonchev–Trinajstić information content (AvgIpc) is 3.19. The number of hydrogen-bond donors (Lipinski definition) is 1. The molecule has 0 radical (unpaired) electrons. The molecule has 1 saturated carbocycles. The van der Waals surface area contributed by atoms with Crippen LogP contribution in [0.5, 0.6) is 0 Å². The second-order valence-electron chi connectivity index (χ2n) is 4.64. The van der Waals surface area contributed by atoms with Crippen molar-refractivity contribution in [2.45, 2.75) is 30.7 Å². The van der Waals surface area contributed by atoms with E-state index in [0.717, 1.165) is 17.7 Å². The molecule has 98 valence electrons. The smallest absolute Gasteiger partial charge is 0.233 e. The minimum Gasteiger partial charge on any atom is -0.395 e. The monoisotopic (exact) mass is 265 g/mol. The Labute approximate surface area is 112 Å². The summed E-state index contributed by atoms with van der Waals surface area (Å²) in [7, 11) is 0. The molecule has 1 aromatic rings. The molecule has 0 aliphatic heterocycles. The largest absolute Gasteiger partial charge is 0.395 e. The molecule has 1 N–H and O–H groups in total. The molecule has 0 atom stereocenters. The topological polar surface area (TPSA) is 40.5 Å². The highest BCUT2D eigenvalue weighted by molar-refractivity contribution is 8.00. The number of aliphatic hydroxyl groups is 1. The van der Waals surface area contributed by atoms with E-state index < -0.39 is 0 Å². The van der Waals surface area contributed by atoms with Crippen molar-refractivity contribution in [3.05, 3.63) is 29.8 Å². The number of amides is 1. The van der Waals surface area contributed by atoms with Crippen molar-refractivity contribution < 1.29 is 9.90 Å². The van der Waals surface area contributed by atoms with Crippen molar-refractivity contribution >= 4 is 17.7 Å². The Kier molecular flexibility index (Phi) is 4.66. The standard InChI is InChI=1S/C14H19NO2S/c1-11-2-6-13(7-3-11)18-10-14(17)15(8-9-16)12-4-5-12/h2-3,6-7,12,16H,4-5,8-10H2,1H3. The molecule has 3 nitrogen and oxygen atoms in total. The quantitative estimate of drug-likeness (QED) is 0.801. The first-order valence-corrected chi connectivity index (χ1v) is 7.29. The van der Waals surface area contributed by atoms with E-state index in [1.807, 2.05) is 17.0 Å². The van der Waals surface area contributed by atoms with E-state index in [9.17, 15) is 4.79 Å². The highest BCUT2D eigenvalue weighted by Crippen LogP contribution is 2.28. The number of aliphatic hydroxyl groups excluding tert-OH is 1. The van der Waals surface area contributed by atoms with Gasteiger partial charge in [-0.2, -0.15) is 0 Å². The zero-order chi connectivity index (χ0) is 13.0. The molecular weight excluding hydrogens is 246 g/mol. The van der Waals surface area contributed by atoms with Gasteiger partial charge in [0, 0.05) is 17.5 Å². The Morgan fingerprint density at radius 3 is 2.61 bits per heavy atom. The summed E-state index contributed by atoms with van der Waals surface area (Å²) in [5.74, 6) is 0.594. The van der Waals surface area contributed by atoms with Crippen molar-refractivity contribution in [2.75, 3.05) is 18.9 Å². The van der Waals surface area contributed by atoms with Crippen LogP contribution in [0.2, 0.25) is 0 Å². The first kappa shape index (κ1) is 13.4. The number of benzene rings is 1. The predicted octanol–water partition coefficient (Wildman–Crippen LogP) is 2.07. The van der Waals surface area contributed by atoms with Crippen LogP contribution in [0.4, 0.5) is 0 Å². The lowest BCUT2D eigenvalue weighted by Gasteiger charge is -2.21. The lowest BCUT2D eigenvalue weighted by Crippen LogP contribution is -2.36. The van der Waals surface area contributed by atoms with Gasteiger partial charge >= 0.3 is 0 Å². The van der Waals surface area contributed by atoms with Gasteiger partial charge in [0.25, 0.3) is 0 Å². The van der Waals surface area contributed by atoms with Gasteiger partial charge in [-0.3, -0.25) is 4.79 Å². The molecule has 1 amide bonds. The number of nitrogens with zero attached hydrogens (tertiary/aromatic N) is 1. The second kappa shape index (κ2) is 6.25. The molecule has 0 aromatic heterocycles. The molecule has 0 saturated heterocycles. The van der Waals surface area contributed by atoms with Gasteiger partial charge in [0.2, 0.25) is 5.91 Å². The summed E-state index contributed by atoms with van der Waals surface area (Å²) in [6, 6.07) is 8.57. The molecule has 0 unspecified atom stereocenters. The minimum absolute atomic E-state index is 0.0530. The zero-order valence-electron chi connectivity index (χ0n) is 10.6. The molecule has 2 rings (SSSR count). The van der Waals surface area contributed by atoms with Gasteiger partial charge in [0.15, 0.2) is 0 Å². The van der Waals surface area contributed by atoms with E-state index >= 15 is 0 Å². The van der Waals surface area contributed by atoms with Crippen LogP contribution in [0, 0.1) is 6.92 Å². The van der Waals surface area contributed by atoms with Crippen LogP contribution in [0.15, 0.2) is 29.2 Å². The van der Waals surface area contributed by atoms with Crippen LogP contribution in [0.25, 0.3) is 0 Å². The highest BCUT2D eigenvalue weighted by atomic mass is 32.2. The first-order chi connectivity index (χ1) is 8.70. The summed E-state index contributed by atoms with van der Waals surface area (Å²) in [5, 5.41) is 8.98. The third-order valence-corrected chi connectivity index (χ3v) is 4.03. The van der Waals surface area contributed by atoms with Crippen molar-refractivity contribution in [3.8, 4) is 0 Å². The summed E-state index contributed by atoms with van der Waals surface area (Å²) < 4.78 is 0. The van der Waals surface area contributed by atoms with Crippen molar-refractivity contribution in [1.29, 1.82) is 0 Å². The summed E-state index contributed by atoms with van der Waals surface area (Å²) in [4.78, 5) is 15.0. The molecule has 1 aromatic carbocycles. The third kappa shape index (κ3) is 3.75. The minimum atomic E-state index is 0.0530. The van der Waals surface area contributed by atoms with Crippen LogP contribution >= 0.6 is 11.8 Å². The number of hydrogen-bond acceptors (Lipinski definition) is 3. The number of aryl methyl sites for hydroxylation is 1. The first-order valence-electron chi connectivity index (χ1n) is 6.30. The Hall–Kier alpha value is -1.00. The number of carbonyl (C=O) groups is 1. The fourth-order valence-corrected chi connectivity index (χ4v) is 2.65. The van der Waals surface area contributed by atoms with Crippen LogP contribution in [-0.4, -0.2) is 40.9 Å². The Balaban J connectivity index is 1.84. The van der Waals surface area contributed by atoms with Gasteiger partial charge in [-0.15, -0.1) is 11.8 Å². The molecule has 0 bridgehead atoms. The molecule has 1 aliphatic carbocycles. The molecule has 4 heteroatoms.